The molecule has 0 aliphatic heterocycles. The first kappa shape index (κ1) is 33.0. The lowest BCUT2D eigenvalue weighted by molar-refractivity contribution is -0.115. The lowest BCUT2D eigenvalue weighted by atomic mass is 10.1. The number of hydrogen-bond donors (Lipinski definition) is 3. The van der Waals surface area contributed by atoms with Crippen molar-refractivity contribution in [3.8, 4) is 17.2 Å². The first-order valence-electron chi connectivity index (χ1n) is 14.4. The predicted octanol–water partition coefficient (Wildman–Crippen LogP) is 6.85. The van der Waals surface area contributed by atoms with Crippen LogP contribution in [0.2, 0.25) is 0 Å². The molecule has 1 heterocycles. The third-order valence-electron chi connectivity index (χ3n) is 6.85. The van der Waals surface area contributed by atoms with Crippen molar-refractivity contribution < 1.29 is 28.6 Å². The first-order chi connectivity index (χ1) is 22.8. The van der Waals surface area contributed by atoms with E-state index in [4.69, 9.17) is 14.2 Å². The number of carbonyl (C=O) groups is 3. The Balaban J connectivity index is 1.30. The molecular weight excluding hydrogens is 637 g/mol. The quantitative estimate of drug-likeness (QED) is 0.0973. The maximum Gasteiger partial charge on any atom is 0.272 e. The van der Waals surface area contributed by atoms with Gasteiger partial charge in [-0.2, -0.15) is 0 Å². The minimum absolute atomic E-state index is 0.0188. The summed E-state index contributed by atoms with van der Waals surface area (Å²) >= 11 is 2.70. The molecule has 0 saturated carbocycles. The number of benzene rings is 4. The normalized spacial score (nSPS) is 11.8. The summed E-state index contributed by atoms with van der Waals surface area (Å²) in [7, 11) is 4.65. The summed E-state index contributed by atoms with van der Waals surface area (Å²) in [6.07, 6.45) is 1.56. The number of hydrogen-bond acceptors (Lipinski definition) is 9. The van der Waals surface area contributed by atoms with E-state index < -0.39 is 17.1 Å². The van der Waals surface area contributed by atoms with E-state index in [1.165, 1.54) is 37.3 Å². The molecule has 0 fully saturated rings. The molecule has 12 heteroatoms. The number of amides is 3. The van der Waals surface area contributed by atoms with Gasteiger partial charge in [-0.25, -0.2) is 4.98 Å². The van der Waals surface area contributed by atoms with Gasteiger partial charge < -0.3 is 30.2 Å². The molecule has 1 unspecified atom stereocenters. The standard InChI is InChI=1S/C35H32N4O6S2/c1-21(32(40)39-35-38-27-15-14-25(43-2)20-31(27)47-35)46-26-12-8-11-24(19-26)36-34(42)28(37-33(41)23-9-6-5-7-10-23)17-22-13-16-29(44-3)30(18-22)45-4/h5-21H,1-4H3,(H,36,42)(H,37,41)(H,38,39,40)/b28-17+. The molecule has 0 aliphatic rings. The maximum atomic E-state index is 13.6. The zero-order valence-electron chi connectivity index (χ0n) is 26.0. The van der Waals surface area contributed by atoms with Crippen LogP contribution in [-0.4, -0.2) is 49.3 Å². The first-order valence-corrected chi connectivity index (χ1v) is 16.1. The largest absolute Gasteiger partial charge is 0.497 e. The highest BCUT2D eigenvalue weighted by atomic mass is 32.2. The molecule has 0 radical (unpaired) electrons. The van der Waals surface area contributed by atoms with Gasteiger partial charge in [0.05, 0.1) is 36.8 Å². The minimum atomic E-state index is -0.538. The van der Waals surface area contributed by atoms with Gasteiger partial charge >= 0.3 is 0 Å². The van der Waals surface area contributed by atoms with Gasteiger partial charge in [-0.05, 0) is 79.2 Å². The Morgan fingerprint density at radius 3 is 2.36 bits per heavy atom. The van der Waals surface area contributed by atoms with Crippen molar-refractivity contribution in [2.24, 2.45) is 0 Å². The molecule has 1 aromatic heterocycles. The number of methoxy groups -OCH3 is 3. The van der Waals surface area contributed by atoms with Gasteiger partial charge in [-0.3, -0.25) is 14.4 Å². The molecule has 0 bridgehead atoms. The summed E-state index contributed by atoms with van der Waals surface area (Å²) in [6, 6.07) is 26.5. The minimum Gasteiger partial charge on any atom is -0.497 e. The highest BCUT2D eigenvalue weighted by Gasteiger charge is 2.19. The summed E-state index contributed by atoms with van der Waals surface area (Å²) in [5, 5.41) is 8.53. The van der Waals surface area contributed by atoms with E-state index in [-0.39, 0.29) is 11.6 Å². The summed E-state index contributed by atoms with van der Waals surface area (Å²) in [5.41, 5.74) is 2.28. The second-order valence-corrected chi connectivity index (χ2v) is 12.5. The van der Waals surface area contributed by atoms with Crippen molar-refractivity contribution in [3.05, 3.63) is 108 Å². The lowest BCUT2D eigenvalue weighted by Gasteiger charge is -2.14. The molecule has 0 aliphatic carbocycles. The molecule has 4 aromatic carbocycles. The molecule has 1 atom stereocenters. The molecule has 0 spiro atoms. The topological polar surface area (TPSA) is 128 Å². The van der Waals surface area contributed by atoms with Crippen LogP contribution in [0.5, 0.6) is 17.2 Å². The van der Waals surface area contributed by atoms with E-state index >= 15 is 0 Å². The van der Waals surface area contributed by atoms with Crippen molar-refractivity contribution in [1.29, 1.82) is 0 Å². The van der Waals surface area contributed by atoms with Gasteiger partial charge in [0, 0.05) is 16.1 Å². The van der Waals surface area contributed by atoms with Crippen LogP contribution in [0.15, 0.2) is 102 Å². The fraction of sp³-hybridized carbons (Fsp3) is 0.143. The van der Waals surface area contributed by atoms with Crippen LogP contribution < -0.4 is 30.2 Å². The van der Waals surface area contributed by atoms with E-state index in [0.717, 1.165) is 20.9 Å². The molecule has 5 aromatic rings. The molecule has 3 N–H and O–H groups in total. The zero-order chi connectivity index (χ0) is 33.3. The van der Waals surface area contributed by atoms with Crippen molar-refractivity contribution in [1.82, 2.24) is 10.3 Å². The Morgan fingerprint density at radius 1 is 0.830 bits per heavy atom. The van der Waals surface area contributed by atoms with Crippen molar-refractivity contribution in [2.75, 3.05) is 32.0 Å². The second-order valence-electron chi connectivity index (χ2n) is 10.1. The Kier molecular flexibility index (Phi) is 10.8. The second kappa shape index (κ2) is 15.3. The Bertz CT molecular complexity index is 1940. The molecule has 240 valence electrons. The fourth-order valence-corrected chi connectivity index (χ4v) is 6.27. The molecule has 5 rings (SSSR count). The monoisotopic (exact) mass is 668 g/mol. The smallest absolute Gasteiger partial charge is 0.272 e. The number of nitrogens with one attached hydrogen (secondary N) is 3. The SMILES string of the molecule is COc1ccc2nc(NC(=O)C(C)Sc3cccc(NC(=O)/C(=C\c4ccc(OC)c(OC)c4)NC(=O)c4ccccc4)c3)sc2c1. The summed E-state index contributed by atoms with van der Waals surface area (Å²) in [6.45, 7) is 1.80. The number of fused-ring (bicyclic) bond motifs is 1. The summed E-state index contributed by atoms with van der Waals surface area (Å²) in [4.78, 5) is 44.9. The number of ether oxygens (including phenoxy) is 3. The highest BCUT2D eigenvalue weighted by molar-refractivity contribution is 8.00. The Morgan fingerprint density at radius 2 is 1.62 bits per heavy atom. The third kappa shape index (κ3) is 8.48. The zero-order valence-corrected chi connectivity index (χ0v) is 27.7. The Labute approximate surface area is 280 Å². The average Bonchev–Trinajstić information content (AvgIpc) is 3.49. The molecule has 0 saturated heterocycles. The van der Waals surface area contributed by atoms with Crippen LogP contribution in [0.3, 0.4) is 0 Å². The maximum absolute atomic E-state index is 13.6. The van der Waals surface area contributed by atoms with E-state index in [2.05, 4.69) is 20.9 Å². The highest BCUT2D eigenvalue weighted by Crippen LogP contribution is 2.32. The van der Waals surface area contributed by atoms with Gasteiger partial charge in [0.15, 0.2) is 16.6 Å². The van der Waals surface area contributed by atoms with Crippen LogP contribution >= 0.6 is 23.1 Å². The molecule has 3 amide bonds. The summed E-state index contributed by atoms with van der Waals surface area (Å²) < 4.78 is 16.9. The van der Waals surface area contributed by atoms with Gasteiger partial charge in [0.2, 0.25) is 5.91 Å². The van der Waals surface area contributed by atoms with Crippen molar-refractivity contribution in [3.63, 3.8) is 0 Å². The lowest BCUT2D eigenvalue weighted by Crippen LogP contribution is -2.30. The number of rotatable bonds is 12. The number of aromatic nitrogens is 1. The van der Waals surface area contributed by atoms with E-state index in [1.54, 1.807) is 86.8 Å². The van der Waals surface area contributed by atoms with Crippen LogP contribution in [0.25, 0.3) is 16.3 Å². The molecule has 47 heavy (non-hydrogen) atoms. The Hall–Kier alpha value is -5.33. The molecular formula is C35H32N4O6S2. The number of nitrogens with zero attached hydrogens (tertiary/aromatic N) is 1. The fourth-order valence-electron chi connectivity index (χ4n) is 4.45. The van der Waals surface area contributed by atoms with E-state index in [0.29, 0.717) is 33.4 Å². The van der Waals surface area contributed by atoms with E-state index in [1.807, 2.05) is 24.3 Å². The van der Waals surface area contributed by atoms with Gasteiger partial charge in [-0.15, -0.1) is 11.8 Å². The van der Waals surface area contributed by atoms with Gasteiger partial charge in [0.25, 0.3) is 11.8 Å². The van der Waals surface area contributed by atoms with Crippen molar-refractivity contribution >= 4 is 67.9 Å². The average molecular weight is 669 g/mol. The van der Waals surface area contributed by atoms with Crippen LogP contribution in [0, 0.1) is 0 Å². The predicted molar refractivity (Wildman–Crippen MR) is 187 cm³/mol. The number of carbonyl (C=O) groups excluding carboxylic acids is 3. The third-order valence-corrected chi connectivity index (χ3v) is 8.87. The van der Waals surface area contributed by atoms with Gasteiger partial charge in [0.1, 0.15) is 11.4 Å². The van der Waals surface area contributed by atoms with Crippen LogP contribution in [0.1, 0.15) is 22.8 Å². The molecule has 10 nitrogen and oxygen atoms in total. The van der Waals surface area contributed by atoms with Gasteiger partial charge in [-0.1, -0.05) is 41.7 Å². The van der Waals surface area contributed by atoms with Crippen molar-refractivity contribution in [2.45, 2.75) is 17.1 Å². The number of thioether (sulfide) groups is 1. The number of anilines is 2. The van der Waals surface area contributed by atoms with E-state index in [9.17, 15) is 14.4 Å². The summed E-state index contributed by atoms with van der Waals surface area (Å²) in [5.74, 6) is 0.535. The number of thiazole rings is 1. The van der Waals surface area contributed by atoms with Crippen LogP contribution in [0.4, 0.5) is 10.8 Å². The van der Waals surface area contributed by atoms with Crippen LogP contribution in [-0.2, 0) is 9.59 Å².